The number of fused-ring (bicyclic) bond motifs is 11. The maximum atomic E-state index is 15.6. The van der Waals surface area contributed by atoms with Crippen LogP contribution in [0.15, 0.2) is 54.6 Å². The van der Waals surface area contributed by atoms with E-state index in [9.17, 15) is 34.2 Å². The highest BCUT2D eigenvalue weighted by Gasteiger charge is 2.62. The van der Waals surface area contributed by atoms with Gasteiger partial charge in [-0.1, -0.05) is 64.1 Å². The van der Waals surface area contributed by atoms with Gasteiger partial charge in [0.25, 0.3) is 0 Å². The van der Waals surface area contributed by atoms with Crippen molar-refractivity contribution >= 4 is 64.1 Å². The van der Waals surface area contributed by atoms with Crippen LogP contribution in [-0.2, 0) is 58.4 Å². The number of phenolic OH excluding ortho intramolecular Hbond substituents is 1. The molecule has 22 nitrogen and oxygen atoms in total. The minimum absolute atomic E-state index is 0.00543. The highest BCUT2D eigenvalue weighted by Crippen LogP contribution is 2.64. The summed E-state index contributed by atoms with van der Waals surface area (Å²) in [5, 5.41) is 40.3. The number of aromatic hydroxyl groups is 1. The summed E-state index contributed by atoms with van der Waals surface area (Å²) in [6, 6.07) is 11.6. The van der Waals surface area contributed by atoms with Crippen LogP contribution in [-0.4, -0.2) is 137 Å². The quantitative estimate of drug-likeness (QED) is 0.0410. The molecule has 4 bridgehead atoms. The van der Waals surface area contributed by atoms with E-state index in [-0.39, 0.29) is 55.6 Å². The van der Waals surface area contributed by atoms with Gasteiger partial charge in [-0.2, -0.15) is 0 Å². The Balaban J connectivity index is 0.850. The lowest BCUT2D eigenvalue weighted by molar-refractivity contribution is -0.186. The number of thioether (sulfide) groups is 1. The van der Waals surface area contributed by atoms with Crippen LogP contribution in [0, 0.1) is 25.7 Å². The fourth-order valence-corrected chi connectivity index (χ4v) is 15.3. The number of H-pyrrole nitrogens is 1. The Kier molecular flexibility index (Phi) is 16.7. The molecule has 1 spiro atoms. The first-order valence-electron chi connectivity index (χ1n) is 29.4. The van der Waals surface area contributed by atoms with Gasteiger partial charge < -0.3 is 64.9 Å². The van der Waals surface area contributed by atoms with Crippen LogP contribution in [0.1, 0.15) is 122 Å². The fraction of sp³-hybridized carbons (Fsp3) is 0.492. The Morgan fingerprint density at radius 3 is 2.38 bits per heavy atom. The van der Waals surface area contributed by atoms with Gasteiger partial charge in [0.05, 0.1) is 36.2 Å². The van der Waals surface area contributed by atoms with Crippen LogP contribution in [0.4, 0.5) is 10.5 Å². The highest BCUT2D eigenvalue weighted by molar-refractivity contribution is 7.99. The van der Waals surface area contributed by atoms with Crippen molar-refractivity contribution in [3.8, 4) is 28.7 Å². The van der Waals surface area contributed by atoms with Gasteiger partial charge in [-0.25, -0.2) is 9.59 Å². The second-order valence-corrected chi connectivity index (χ2v) is 25.4. The largest absolute Gasteiger partial charge is 0.504 e. The number of aliphatic hydroxyl groups excluding tert-OH is 1. The SMILES string of the molecule is COc1c(C)cc2c(c1O)[C@H]1[C@H]3[C@H]4SC[C@@]5(N[C@@H](CNC(=O)OCc6ccc(NC(=O)[C@H](C)NC(=O)C(NC(=O)CCC(C)C)C(C)C)cc6)Cc6c5[nH]c5ccccc65)C(=O)OC[C@H](c5c6c(c(C)c(OC(C)=O)c54)OCO6)N3[C@H](O)[C@@H](C2)N1C. The minimum Gasteiger partial charge on any atom is -0.504 e. The smallest absolute Gasteiger partial charge is 0.407 e. The van der Waals surface area contributed by atoms with Crippen molar-refractivity contribution in [3.05, 3.63) is 105 Å². The van der Waals surface area contributed by atoms with Gasteiger partial charge in [0.2, 0.25) is 24.5 Å². The van der Waals surface area contributed by atoms with Crippen molar-refractivity contribution in [2.24, 2.45) is 11.8 Å². The standard InChI is InChI=1S/C63H76N8O14S/c1-29(2)15-20-44(73)68-48(30(3)4)59(76)65-33(7)58(75)66-37-18-16-35(17-19-37)25-82-62(79)64-24-38-23-40-39-13-11-12-14-41(39)67-57(40)63(69-38)27-86-56-47-46(55-54(83-28-84-55)32(6)53(47)85-34(8)72)43(26-81-61(63)78)71-50(56)49-45-36(22-42(60(71)77)70(49)9)21-31(5)52(80-10)51(45)74/h11-14,16-19,21,29-30,33,38,42-43,48-50,56,60,67,69,74,77H,15,20,22-28H2,1-10H3,(H,64,79)(H,65,76)(H,66,75)(H,68,73)/t33-,38+,42+,43+,48?,49-,50-,56-,60+,63-/m0/s1. The van der Waals surface area contributed by atoms with Crippen molar-refractivity contribution in [2.45, 2.75) is 147 Å². The summed E-state index contributed by atoms with van der Waals surface area (Å²) in [7, 11) is 3.46. The number of carbonyl (C=O) groups is 6. The third-order valence-electron chi connectivity index (χ3n) is 17.8. The number of aliphatic hydroxyl groups is 1. The average molecular weight is 1200 g/mol. The molecule has 0 aliphatic carbocycles. The van der Waals surface area contributed by atoms with E-state index in [1.807, 2.05) is 83.8 Å². The van der Waals surface area contributed by atoms with Gasteiger partial charge in [0, 0.05) is 76.6 Å². The Morgan fingerprint density at radius 2 is 1.66 bits per heavy atom. The molecular formula is C63H76N8O14S. The number of phenols is 1. The number of alkyl carbamates (subject to hydrolysis) is 1. The van der Waals surface area contributed by atoms with E-state index < -0.39 is 89.2 Å². The second-order valence-electron chi connectivity index (χ2n) is 24.2. The third kappa shape index (κ3) is 10.8. The van der Waals surface area contributed by atoms with E-state index in [4.69, 9.17) is 28.4 Å². The summed E-state index contributed by atoms with van der Waals surface area (Å²) in [5.41, 5.74) is 5.74. The van der Waals surface area contributed by atoms with E-state index in [1.165, 1.54) is 25.8 Å². The van der Waals surface area contributed by atoms with E-state index in [1.54, 1.807) is 31.2 Å². The molecule has 10 atom stereocenters. The summed E-state index contributed by atoms with van der Waals surface area (Å²) in [5.74, 6) is -0.757. The van der Waals surface area contributed by atoms with Crippen LogP contribution in [0.3, 0.4) is 0 Å². The molecule has 12 rings (SSSR count). The first kappa shape index (κ1) is 60.1. The first-order valence-corrected chi connectivity index (χ1v) is 30.4. The maximum Gasteiger partial charge on any atom is 0.407 e. The lowest BCUT2D eigenvalue weighted by Gasteiger charge is -2.62. The monoisotopic (exact) mass is 1200 g/mol. The molecular weight excluding hydrogens is 1120 g/mol. The number of anilines is 1. The molecule has 4 amide bonds. The molecule has 8 heterocycles. The third-order valence-corrected chi connectivity index (χ3v) is 19.2. The molecule has 86 heavy (non-hydrogen) atoms. The number of nitrogens with zero attached hydrogens (tertiary/aromatic N) is 2. The summed E-state index contributed by atoms with van der Waals surface area (Å²) in [6.45, 7) is 13.8. The molecule has 7 aliphatic rings. The second kappa shape index (κ2) is 23.9. The fourth-order valence-electron chi connectivity index (χ4n) is 13.6. The first-order chi connectivity index (χ1) is 41.1. The van der Waals surface area contributed by atoms with Crippen LogP contribution in [0.2, 0.25) is 0 Å². The molecule has 2 fully saturated rings. The molecule has 8 N–H and O–H groups in total. The number of methoxy groups -OCH3 is 1. The van der Waals surface area contributed by atoms with Crippen molar-refractivity contribution in [1.82, 2.24) is 36.1 Å². The summed E-state index contributed by atoms with van der Waals surface area (Å²) in [6.07, 6.45) is -0.0565. The Hall–Kier alpha value is -7.57. The Bertz CT molecular complexity index is 3520. The van der Waals surface area contributed by atoms with Crippen LogP contribution < -0.4 is 45.5 Å². The maximum absolute atomic E-state index is 15.6. The topological polar surface area (TPSA) is 281 Å². The minimum atomic E-state index is -1.58. The lowest BCUT2D eigenvalue weighted by atomic mass is 9.73. The number of nitrogens with one attached hydrogen (secondary N) is 6. The number of benzene rings is 4. The van der Waals surface area contributed by atoms with Gasteiger partial charge in [-0.05, 0) is 99.4 Å². The lowest BCUT2D eigenvalue weighted by Crippen LogP contribution is -2.70. The number of likely N-dealkylation sites (N-methyl/N-ethyl adjacent to an activating group) is 1. The predicted molar refractivity (Wildman–Crippen MR) is 319 cm³/mol. The highest BCUT2D eigenvalue weighted by atomic mass is 32.2. The number of aryl methyl sites for hydroxylation is 1. The molecule has 2 saturated heterocycles. The van der Waals surface area contributed by atoms with Gasteiger partial charge in [-0.15, -0.1) is 11.8 Å². The van der Waals surface area contributed by atoms with Crippen molar-refractivity contribution in [2.75, 3.05) is 45.2 Å². The normalized spacial score (nSPS) is 24.4. The Labute approximate surface area is 503 Å². The van der Waals surface area contributed by atoms with Crippen LogP contribution in [0.5, 0.6) is 28.7 Å². The number of ether oxygens (including phenoxy) is 6. The molecule has 0 saturated carbocycles. The van der Waals surface area contributed by atoms with Gasteiger partial charge >= 0.3 is 18.0 Å². The number of aromatic nitrogens is 1. The number of aromatic amines is 1. The molecule has 1 aromatic heterocycles. The molecule has 4 aromatic carbocycles. The average Bonchev–Trinajstić information content (AvgIpc) is 0.962. The van der Waals surface area contributed by atoms with Crippen LogP contribution >= 0.6 is 11.8 Å². The van der Waals surface area contributed by atoms with Crippen molar-refractivity contribution in [1.29, 1.82) is 0 Å². The van der Waals surface area contributed by atoms with Gasteiger partial charge in [0.1, 0.15) is 37.3 Å². The molecule has 7 aliphatic heterocycles. The van der Waals surface area contributed by atoms with E-state index in [2.05, 4.69) is 36.5 Å². The van der Waals surface area contributed by atoms with Crippen molar-refractivity contribution in [3.63, 3.8) is 0 Å². The van der Waals surface area contributed by atoms with Gasteiger partial charge in [0.15, 0.2) is 28.5 Å². The predicted octanol–water partition coefficient (Wildman–Crippen LogP) is 6.50. The number of amides is 4. The summed E-state index contributed by atoms with van der Waals surface area (Å²) >= 11 is 1.42. The van der Waals surface area contributed by atoms with Gasteiger partial charge in [-0.3, -0.25) is 34.3 Å². The number of carbonyl (C=O) groups excluding carboxylic acids is 6. The number of hydrogen-bond acceptors (Lipinski definition) is 18. The number of para-hydroxylation sites is 1. The summed E-state index contributed by atoms with van der Waals surface area (Å²) in [4.78, 5) is 89.2. The van der Waals surface area contributed by atoms with Crippen LogP contribution in [0.25, 0.3) is 10.9 Å². The van der Waals surface area contributed by atoms with E-state index >= 15 is 4.79 Å². The zero-order chi connectivity index (χ0) is 61.2. The number of esters is 2. The molecule has 458 valence electrons. The molecule has 1 unspecified atom stereocenters. The Morgan fingerprint density at radius 1 is 0.919 bits per heavy atom. The van der Waals surface area contributed by atoms with E-state index in [0.717, 1.165) is 27.6 Å². The molecule has 23 heteroatoms. The zero-order valence-electron chi connectivity index (χ0n) is 50.0. The number of rotatable bonds is 15. The van der Waals surface area contributed by atoms with Crippen molar-refractivity contribution < 1.29 is 67.4 Å². The van der Waals surface area contributed by atoms with E-state index in [0.29, 0.717) is 88.0 Å². The molecule has 0 radical (unpaired) electrons. The zero-order valence-corrected chi connectivity index (χ0v) is 50.8. The number of hydrogen-bond donors (Lipinski definition) is 8. The number of piperazine rings is 1. The summed E-state index contributed by atoms with van der Waals surface area (Å²) < 4.78 is 36.8. The molecule has 5 aromatic rings.